The topological polar surface area (TPSA) is 29.9 Å². The van der Waals surface area contributed by atoms with Crippen LogP contribution in [0.15, 0.2) is 6.07 Å². The second-order valence-electron chi connectivity index (χ2n) is 5.70. The van der Waals surface area contributed by atoms with E-state index in [0.717, 1.165) is 24.7 Å². The summed E-state index contributed by atoms with van der Waals surface area (Å²) in [5, 5.41) is 8.07. The van der Waals surface area contributed by atoms with E-state index in [1.54, 1.807) is 0 Å². The van der Waals surface area contributed by atoms with Crippen LogP contribution in [0, 0.1) is 12.8 Å². The van der Waals surface area contributed by atoms with Crippen molar-refractivity contribution in [3.8, 4) is 0 Å². The lowest BCUT2D eigenvalue weighted by molar-refractivity contribution is 0.448. The molecule has 1 aromatic heterocycles. The van der Waals surface area contributed by atoms with E-state index in [0.29, 0.717) is 6.04 Å². The molecule has 0 aliphatic carbocycles. The van der Waals surface area contributed by atoms with Crippen LogP contribution >= 0.6 is 0 Å². The SMILES string of the molecule is CCn1nc(C)cc1CNC(C)CCCC(C)C. The fourth-order valence-corrected chi connectivity index (χ4v) is 2.23. The quantitative estimate of drug-likeness (QED) is 0.766. The highest BCUT2D eigenvalue weighted by Gasteiger charge is 2.06. The molecule has 0 radical (unpaired) electrons. The molecular formula is C15H29N3. The second-order valence-corrected chi connectivity index (χ2v) is 5.70. The van der Waals surface area contributed by atoms with Gasteiger partial charge in [0.2, 0.25) is 0 Å². The molecule has 3 nitrogen and oxygen atoms in total. The molecule has 1 aromatic rings. The highest BCUT2D eigenvalue weighted by Crippen LogP contribution is 2.09. The summed E-state index contributed by atoms with van der Waals surface area (Å²) in [6.07, 6.45) is 3.91. The second kappa shape index (κ2) is 7.57. The Morgan fingerprint density at radius 2 is 2.00 bits per heavy atom. The van der Waals surface area contributed by atoms with Crippen molar-refractivity contribution in [3.05, 3.63) is 17.5 Å². The number of nitrogens with zero attached hydrogens (tertiary/aromatic N) is 2. The fraction of sp³-hybridized carbons (Fsp3) is 0.800. The van der Waals surface area contributed by atoms with Crippen LogP contribution in [0.4, 0.5) is 0 Å². The minimum Gasteiger partial charge on any atom is -0.309 e. The van der Waals surface area contributed by atoms with Crippen molar-refractivity contribution in [1.82, 2.24) is 15.1 Å². The summed E-state index contributed by atoms with van der Waals surface area (Å²) in [4.78, 5) is 0. The molecule has 1 N–H and O–H groups in total. The number of aromatic nitrogens is 2. The van der Waals surface area contributed by atoms with Crippen LogP contribution in [0.1, 0.15) is 58.3 Å². The van der Waals surface area contributed by atoms with Crippen molar-refractivity contribution >= 4 is 0 Å². The van der Waals surface area contributed by atoms with Crippen molar-refractivity contribution < 1.29 is 0 Å². The maximum absolute atomic E-state index is 4.47. The molecular weight excluding hydrogens is 222 g/mol. The predicted molar refractivity (Wildman–Crippen MR) is 77.6 cm³/mol. The molecule has 104 valence electrons. The zero-order valence-corrected chi connectivity index (χ0v) is 12.7. The third kappa shape index (κ3) is 5.21. The van der Waals surface area contributed by atoms with Crippen LogP contribution < -0.4 is 5.32 Å². The number of rotatable bonds is 8. The molecule has 1 atom stereocenters. The van der Waals surface area contributed by atoms with Gasteiger partial charge >= 0.3 is 0 Å². The maximum Gasteiger partial charge on any atom is 0.0597 e. The molecule has 0 aromatic carbocycles. The predicted octanol–water partition coefficient (Wildman–Crippen LogP) is 3.52. The van der Waals surface area contributed by atoms with Crippen molar-refractivity contribution in [3.63, 3.8) is 0 Å². The summed E-state index contributed by atoms with van der Waals surface area (Å²) >= 11 is 0. The summed E-state index contributed by atoms with van der Waals surface area (Å²) in [6, 6.07) is 2.77. The molecule has 0 bridgehead atoms. The number of aryl methyl sites for hydroxylation is 2. The summed E-state index contributed by atoms with van der Waals surface area (Å²) in [7, 11) is 0. The van der Waals surface area contributed by atoms with Gasteiger partial charge in [0.1, 0.15) is 0 Å². The van der Waals surface area contributed by atoms with Gasteiger partial charge in [-0.15, -0.1) is 0 Å². The molecule has 3 heteroatoms. The Kier molecular flexibility index (Phi) is 6.41. The zero-order valence-electron chi connectivity index (χ0n) is 12.7. The first-order chi connectivity index (χ1) is 8.52. The lowest BCUT2D eigenvalue weighted by Gasteiger charge is -2.14. The first kappa shape index (κ1) is 15.2. The minimum absolute atomic E-state index is 0.587. The first-order valence-electron chi connectivity index (χ1n) is 7.29. The summed E-state index contributed by atoms with van der Waals surface area (Å²) in [5.74, 6) is 0.821. The summed E-state index contributed by atoms with van der Waals surface area (Å²) in [5.41, 5.74) is 2.41. The minimum atomic E-state index is 0.587. The van der Waals surface area contributed by atoms with Gasteiger partial charge in [0.15, 0.2) is 0 Å². The van der Waals surface area contributed by atoms with E-state index >= 15 is 0 Å². The van der Waals surface area contributed by atoms with Crippen LogP contribution in [0.25, 0.3) is 0 Å². The number of hydrogen-bond donors (Lipinski definition) is 1. The molecule has 0 spiro atoms. The van der Waals surface area contributed by atoms with Crippen LogP contribution in [0.3, 0.4) is 0 Å². The van der Waals surface area contributed by atoms with E-state index < -0.39 is 0 Å². The highest BCUT2D eigenvalue weighted by molar-refractivity contribution is 5.08. The van der Waals surface area contributed by atoms with Gasteiger partial charge in [-0.2, -0.15) is 5.10 Å². The molecule has 0 aliphatic rings. The van der Waals surface area contributed by atoms with Crippen LogP contribution in [0.2, 0.25) is 0 Å². The van der Waals surface area contributed by atoms with Gasteiger partial charge in [-0.1, -0.05) is 26.7 Å². The summed E-state index contributed by atoms with van der Waals surface area (Å²) in [6.45, 7) is 12.9. The Labute approximate surface area is 112 Å². The third-order valence-corrected chi connectivity index (χ3v) is 3.34. The van der Waals surface area contributed by atoms with Gasteiger partial charge in [-0.25, -0.2) is 0 Å². The maximum atomic E-state index is 4.47. The Hall–Kier alpha value is -0.830. The number of nitrogens with one attached hydrogen (secondary N) is 1. The molecule has 0 fully saturated rings. The van der Waals surface area contributed by atoms with Gasteiger partial charge < -0.3 is 5.32 Å². The van der Waals surface area contributed by atoms with Gasteiger partial charge in [0, 0.05) is 19.1 Å². The summed E-state index contributed by atoms with van der Waals surface area (Å²) < 4.78 is 2.09. The van der Waals surface area contributed by atoms with E-state index in [1.165, 1.54) is 25.0 Å². The smallest absolute Gasteiger partial charge is 0.0597 e. The molecule has 0 saturated carbocycles. The monoisotopic (exact) mass is 251 g/mol. The highest BCUT2D eigenvalue weighted by atomic mass is 15.3. The van der Waals surface area contributed by atoms with E-state index in [1.807, 2.05) is 0 Å². The van der Waals surface area contributed by atoms with Crippen LogP contribution in [-0.4, -0.2) is 15.8 Å². The van der Waals surface area contributed by atoms with Gasteiger partial charge in [-0.05, 0) is 39.2 Å². The zero-order chi connectivity index (χ0) is 13.5. The number of hydrogen-bond acceptors (Lipinski definition) is 2. The van der Waals surface area contributed by atoms with Crippen molar-refractivity contribution in [2.45, 2.75) is 73.0 Å². The average Bonchev–Trinajstić information content (AvgIpc) is 2.66. The van der Waals surface area contributed by atoms with Crippen LogP contribution in [0.5, 0.6) is 0 Å². The van der Waals surface area contributed by atoms with Crippen LogP contribution in [-0.2, 0) is 13.1 Å². The Balaban J connectivity index is 2.30. The molecule has 1 unspecified atom stereocenters. The van der Waals surface area contributed by atoms with E-state index in [4.69, 9.17) is 0 Å². The van der Waals surface area contributed by atoms with Crippen molar-refractivity contribution in [2.24, 2.45) is 5.92 Å². The third-order valence-electron chi connectivity index (χ3n) is 3.34. The van der Waals surface area contributed by atoms with E-state index in [2.05, 4.69) is 55.8 Å². The lowest BCUT2D eigenvalue weighted by atomic mass is 10.0. The van der Waals surface area contributed by atoms with Gasteiger partial charge in [0.25, 0.3) is 0 Å². The normalized spacial score (nSPS) is 13.2. The molecule has 1 heterocycles. The molecule has 0 saturated heterocycles. The van der Waals surface area contributed by atoms with E-state index in [-0.39, 0.29) is 0 Å². The largest absolute Gasteiger partial charge is 0.309 e. The Morgan fingerprint density at radius 3 is 2.61 bits per heavy atom. The average molecular weight is 251 g/mol. The van der Waals surface area contributed by atoms with Gasteiger partial charge in [0.05, 0.1) is 11.4 Å². The fourth-order valence-electron chi connectivity index (χ4n) is 2.23. The Bertz CT molecular complexity index is 342. The standard InChI is InChI=1S/C15H29N3/c1-6-18-15(10-14(5)17-18)11-16-13(4)9-7-8-12(2)3/h10,12-13,16H,6-9,11H2,1-5H3. The molecule has 18 heavy (non-hydrogen) atoms. The molecule has 0 amide bonds. The van der Waals surface area contributed by atoms with E-state index in [9.17, 15) is 0 Å². The first-order valence-corrected chi connectivity index (χ1v) is 7.29. The van der Waals surface area contributed by atoms with Crippen molar-refractivity contribution in [2.75, 3.05) is 0 Å². The molecule has 0 aliphatic heterocycles. The van der Waals surface area contributed by atoms with Crippen molar-refractivity contribution in [1.29, 1.82) is 0 Å². The van der Waals surface area contributed by atoms with Gasteiger partial charge in [-0.3, -0.25) is 4.68 Å². The Morgan fingerprint density at radius 1 is 1.28 bits per heavy atom. The molecule has 1 rings (SSSR count). The lowest BCUT2D eigenvalue weighted by Crippen LogP contribution is -2.26.